The molecule has 1 saturated heterocycles. The van der Waals surface area contributed by atoms with Gasteiger partial charge < -0.3 is 21.2 Å². The number of fused-ring (bicyclic) bond motifs is 1. The summed E-state index contributed by atoms with van der Waals surface area (Å²) in [6.45, 7) is 6.72. The van der Waals surface area contributed by atoms with Crippen LogP contribution >= 0.6 is 0 Å². The van der Waals surface area contributed by atoms with Crippen LogP contribution in [0.25, 0.3) is 0 Å². The standard InChI is InChI=1S/C25H30N6O5/c1-3-16(8-7-15(2)11-28-12-19(30-27)23(26)33)14-36-21-6-4-5-17-18(21)13-31(25(17)35)20-9-10-22(32)29-24(20)34/h3-7,12,16,20H,1,8-11,13-14,27H2,2H3,(H2,26,33)(H,29,32,34). The third-order valence-electron chi connectivity index (χ3n) is 6.04. The number of hydrogen-bond donors (Lipinski definition) is 3. The average Bonchev–Trinajstić information content (AvgIpc) is 3.18. The van der Waals surface area contributed by atoms with Crippen molar-refractivity contribution in [3.05, 3.63) is 53.6 Å². The molecule has 2 unspecified atom stereocenters. The van der Waals surface area contributed by atoms with Crippen molar-refractivity contribution >= 4 is 35.6 Å². The number of hydrazone groups is 1. The monoisotopic (exact) mass is 494 g/mol. The highest BCUT2D eigenvalue weighted by molar-refractivity contribution is 6.60. The number of primary amides is 1. The molecule has 3 rings (SSSR count). The van der Waals surface area contributed by atoms with Crippen LogP contribution in [0.15, 0.2) is 52.6 Å². The summed E-state index contributed by atoms with van der Waals surface area (Å²) in [7, 11) is 0. The van der Waals surface area contributed by atoms with Gasteiger partial charge in [0.15, 0.2) is 5.71 Å². The minimum Gasteiger partial charge on any atom is -0.493 e. The lowest BCUT2D eigenvalue weighted by Gasteiger charge is -2.29. The number of nitrogens with zero attached hydrogens (tertiary/aromatic N) is 3. The highest BCUT2D eigenvalue weighted by atomic mass is 16.5. The van der Waals surface area contributed by atoms with E-state index in [4.69, 9.17) is 16.3 Å². The van der Waals surface area contributed by atoms with Crippen molar-refractivity contribution in [1.82, 2.24) is 10.2 Å². The normalized spacial score (nSPS) is 19.3. The molecule has 0 saturated carbocycles. The lowest BCUT2D eigenvalue weighted by atomic mass is 10.0. The molecule has 0 aliphatic carbocycles. The SMILES string of the molecule is C=CC(CC=C(C)CN=CC(=NN)C(N)=O)COc1cccc2c1CN(C1CCC(=O)NC1=O)C2=O. The summed E-state index contributed by atoms with van der Waals surface area (Å²) in [4.78, 5) is 53.4. The van der Waals surface area contributed by atoms with Gasteiger partial charge >= 0.3 is 0 Å². The number of amides is 4. The molecular weight excluding hydrogens is 464 g/mol. The van der Waals surface area contributed by atoms with Crippen LogP contribution < -0.4 is 21.6 Å². The quantitative estimate of drug-likeness (QED) is 0.135. The maximum atomic E-state index is 13.0. The summed E-state index contributed by atoms with van der Waals surface area (Å²) in [6, 6.07) is 4.58. The number of aliphatic imine (C=N–C) groups is 1. The Kier molecular flexibility index (Phi) is 8.71. The van der Waals surface area contributed by atoms with Gasteiger partial charge in [0.05, 0.1) is 25.9 Å². The summed E-state index contributed by atoms with van der Waals surface area (Å²) in [5.74, 6) is 3.89. The maximum Gasteiger partial charge on any atom is 0.270 e. The van der Waals surface area contributed by atoms with E-state index in [0.29, 0.717) is 37.3 Å². The van der Waals surface area contributed by atoms with E-state index >= 15 is 0 Å². The summed E-state index contributed by atoms with van der Waals surface area (Å²) in [6.07, 6.45) is 6.19. The number of piperidine rings is 1. The minimum absolute atomic E-state index is 0.00471. The second kappa shape index (κ2) is 11.9. The molecule has 4 amide bonds. The first kappa shape index (κ1) is 26.3. The van der Waals surface area contributed by atoms with E-state index in [1.807, 2.05) is 13.0 Å². The van der Waals surface area contributed by atoms with Crippen molar-refractivity contribution in [3.8, 4) is 5.75 Å². The third-order valence-corrected chi connectivity index (χ3v) is 6.04. The minimum atomic E-state index is -0.749. The van der Waals surface area contributed by atoms with Gasteiger partial charge in [-0.05, 0) is 31.9 Å². The van der Waals surface area contributed by atoms with Gasteiger partial charge in [0, 0.05) is 23.5 Å². The second-order valence-corrected chi connectivity index (χ2v) is 8.62. The van der Waals surface area contributed by atoms with E-state index in [-0.39, 0.29) is 36.4 Å². The van der Waals surface area contributed by atoms with Crippen LogP contribution in [0, 0.1) is 5.92 Å². The number of imide groups is 1. The molecule has 11 nitrogen and oxygen atoms in total. The number of ether oxygens (including phenoxy) is 1. The number of benzene rings is 1. The fraction of sp³-hybridized carbons (Fsp3) is 0.360. The summed E-state index contributed by atoms with van der Waals surface area (Å²) >= 11 is 0. The Balaban J connectivity index is 1.60. The third kappa shape index (κ3) is 6.23. The summed E-state index contributed by atoms with van der Waals surface area (Å²) in [5.41, 5.74) is 7.21. The molecule has 5 N–H and O–H groups in total. The number of rotatable bonds is 11. The second-order valence-electron chi connectivity index (χ2n) is 8.62. The van der Waals surface area contributed by atoms with Crippen molar-refractivity contribution < 1.29 is 23.9 Å². The van der Waals surface area contributed by atoms with Crippen molar-refractivity contribution in [2.75, 3.05) is 13.2 Å². The first-order valence-corrected chi connectivity index (χ1v) is 11.5. The van der Waals surface area contributed by atoms with Crippen LogP contribution in [0.5, 0.6) is 5.75 Å². The van der Waals surface area contributed by atoms with E-state index in [1.54, 1.807) is 24.3 Å². The van der Waals surface area contributed by atoms with Gasteiger partial charge in [-0.1, -0.05) is 23.8 Å². The van der Waals surface area contributed by atoms with Crippen LogP contribution in [0.2, 0.25) is 0 Å². The van der Waals surface area contributed by atoms with Gasteiger partial charge in [0.2, 0.25) is 11.8 Å². The van der Waals surface area contributed by atoms with Crippen molar-refractivity contribution in [1.29, 1.82) is 0 Å². The molecular formula is C25H30N6O5. The number of nitrogens with one attached hydrogen (secondary N) is 1. The van der Waals surface area contributed by atoms with Gasteiger partial charge in [-0.25, -0.2) is 0 Å². The highest BCUT2D eigenvalue weighted by Crippen LogP contribution is 2.33. The Morgan fingerprint density at radius 1 is 1.36 bits per heavy atom. The molecule has 0 aromatic heterocycles. The van der Waals surface area contributed by atoms with Crippen LogP contribution in [0.1, 0.15) is 42.1 Å². The Hall–Kier alpha value is -4.28. The lowest BCUT2D eigenvalue weighted by Crippen LogP contribution is -2.52. The maximum absolute atomic E-state index is 13.0. The fourth-order valence-corrected chi connectivity index (χ4v) is 3.98. The van der Waals surface area contributed by atoms with E-state index < -0.39 is 17.9 Å². The zero-order valence-electron chi connectivity index (χ0n) is 20.1. The molecule has 2 atom stereocenters. The molecule has 0 bridgehead atoms. The van der Waals surface area contributed by atoms with Gasteiger partial charge in [0.25, 0.3) is 11.8 Å². The summed E-state index contributed by atoms with van der Waals surface area (Å²) < 4.78 is 6.07. The van der Waals surface area contributed by atoms with Gasteiger partial charge in [-0.2, -0.15) is 5.10 Å². The number of allylic oxidation sites excluding steroid dienone is 1. The van der Waals surface area contributed by atoms with Gasteiger partial charge in [-0.15, -0.1) is 6.58 Å². The Morgan fingerprint density at radius 3 is 2.81 bits per heavy atom. The predicted octanol–water partition coefficient (Wildman–Crippen LogP) is 0.836. The van der Waals surface area contributed by atoms with E-state index in [9.17, 15) is 19.2 Å². The Labute approximate surface area is 208 Å². The first-order chi connectivity index (χ1) is 17.2. The van der Waals surface area contributed by atoms with Crippen LogP contribution in [-0.2, 0) is 20.9 Å². The van der Waals surface area contributed by atoms with Crippen LogP contribution in [0.3, 0.4) is 0 Å². The molecule has 0 spiro atoms. The van der Waals surface area contributed by atoms with Crippen molar-refractivity contribution in [3.63, 3.8) is 0 Å². The largest absolute Gasteiger partial charge is 0.493 e. The molecule has 2 aliphatic heterocycles. The molecule has 1 fully saturated rings. The number of nitrogens with two attached hydrogens (primary N) is 2. The van der Waals surface area contributed by atoms with E-state index in [0.717, 1.165) is 11.1 Å². The van der Waals surface area contributed by atoms with Crippen LogP contribution in [-0.4, -0.2) is 59.6 Å². The van der Waals surface area contributed by atoms with E-state index in [1.165, 1.54) is 11.1 Å². The van der Waals surface area contributed by atoms with Crippen LogP contribution in [0.4, 0.5) is 0 Å². The van der Waals surface area contributed by atoms with E-state index in [2.05, 4.69) is 22.0 Å². The fourth-order valence-electron chi connectivity index (χ4n) is 3.98. The summed E-state index contributed by atoms with van der Waals surface area (Å²) in [5, 5.41) is 5.58. The van der Waals surface area contributed by atoms with Crippen molar-refractivity contribution in [2.45, 2.75) is 38.8 Å². The van der Waals surface area contributed by atoms with Gasteiger partial charge in [0.1, 0.15) is 11.8 Å². The van der Waals surface area contributed by atoms with Crippen molar-refractivity contribution in [2.24, 2.45) is 27.6 Å². The number of carbonyl (C=O) groups excluding carboxylic acids is 4. The van der Waals surface area contributed by atoms with Gasteiger partial charge in [-0.3, -0.25) is 29.5 Å². The highest BCUT2D eigenvalue weighted by Gasteiger charge is 2.40. The average molecular weight is 495 g/mol. The number of carbonyl (C=O) groups is 4. The smallest absolute Gasteiger partial charge is 0.270 e. The first-order valence-electron chi connectivity index (χ1n) is 11.5. The molecule has 0 radical (unpaired) electrons. The Morgan fingerprint density at radius 2 is 2.14 bits per heavy atom. The molecule has 2 heterocycles. The molecule has 190 valence electrons. The molecule has 11 heteroatoms. The lowest BCUT2D eigenvalue weighted by molar-refractivity contribution is -0.137. The molecule has 1 aromatic carbocycles. The molecule has 36 heavy (non-hydrogen) atoms. The zero-order chi connectivity index (χ0) is 26.2. The topological polar surface area (TPSA) is 170 Å². The molecule has 1 aromatic rings. The Bertz CT molecular complexity index is 1160. The zero-order valence-corrected chi connectivity index (χ0v) is 20.1. The number of hydrogen-bond acceptors (Lipinski definition) is 8. The molecule has 2 aliphatic rings. The predicted molar refractivity (Wildman–Crippen MR) is 134 cm³/mol.